The van der Waals surface area contributed by atoms with Gasteiger partial charge in [0, 0.05) is 11.1 Å². The van der Waals surface area contributed by atoms with Crippen molar-refractivity contribution < 1.29 is 9.63 Å². The number of fused-ring (bicyclic) bond motifs is 1. The molecule has 3 aromatic rings. The monoisotopic (exact) mass is 317 g/mol. The molecule has 0 spiro atoms. The molecule has 5 heteroatoms. The third-order valence-corrected chi connectivity index (χ3v) is 4.51. The first-order valence-electron chi connectivity index (χ1n) is 7.82. The van der Waals surface area contributed by atoms with Crippen LogP contribution < -0.4 is 0 Å². The van der Waals surface area contributed by atoms with Crippen LogP contribution in [0.5, 0.6) is 0 Å². The summed E-state index contributed by atoms with van der Waals surface area (Å²) >= 11 is 0. The highest BCUT2D eigenvalue weighted by molar-refractivity contribution is 5.66. The average Bonchev–Trinajstić information content (AvgIpc) is 3.23. The molecule has 1 aromatic heterocycles. The van der Waals surface area contributed by atoms with Gasteiger partial charge >= 0.3 is 0 Å². The first-order chi connectivity index (χ1) is 11.7. The molecule has 0 saturated heterocycles. The normalized spacial score (nSPS) is 16.0. The molecule has 24 heavy (non-hydrogen) atoms. The molecule has 2 aromatic carbocycles. The standard InChI is InChI=1S/C19H15N3O2/c1-11-5-6-12(9-13(11)10-20)19-21-18(22-24-19)16-4-2-3-15-14(16)7-8-17(15)23/h2-6,9,17,23H,7-8H2,1H3. The molecule has 1 atom stereocenters. The fourth-order valence-corrected chi connectivity index (χ4v) is 3.17. The smallest absolute Gasteiger partial charge is 0.258 e. The van der Waals surface area contributed by atoms with Gasteiger partial charge < -0.3 is 9.63 Å². The van der Waals surface area contributed by atoms with E-state index >= 15 is 0 Å². The Morgan fingerprint density at radius 2 is 2.17 bits per heavy atom. The highest BCUT2D eigenvalue weighted by Gasteiger charge is 2.25. The molecule has 1 aliphatic carbocycles. The Bertz CT molecular complexity index is 969. The first-order valence-corrected chi connectivity index (χ1v) is 7.82. The summed E-state index contributed by atoms with van der Waals surface area (Å²) in [4.78, 5) is 4.49. The van der Waals surface area contributed by atoms with E-state index in [0.717, 1.165) is 40.7 Å². The summed E-state index contributed by atoms with van der Waals surface area (Å²) in [5, 5.41) is 23.3. The SMILES string of the molecule is Cc1ccc(-c2nc(-c3cccc4c3CCC4O)no2)cc1C#N. The van der Waals surface area contributed by atoms with Gasteiger partial charge in [0.1, 0.15) is 0 Å². The molecule has 1 heterocycles. The number of benzene rings is 2. The summed E-state index contributed by atoms with van der Waals surface area (Å²) < 4.78 is 5.40. The van der Waals surface area contributed by atoms with E-state index in [4.69, 9.17) is 9.78 Å². The summed E-state index contributed by atoms with van der Waals surface area (Å²) in [6, 6.07) is 13.4. The number of aliphatic hydroxyl groups excluding tert-OH is 1. The minimum atomic E-state index is -0.415. The van der Waals surface area contributed by atoms with E-state index in [9.17, 15) is 5.11 Å². The maximum atomic E-state index is 10.0. The van der Waals surface area contributed by atoms with Crippen molar-refractivity contribution in [2.45, 2.75) is 25.9 Å². The fourth-order valence-electron chi connectivity index (χ4n) is 3.17. The largest absolute Gasteiger partial charge is 0.388 e. The third kappa shape index (κ3) is 2.29. The second-order valence-electron chi connectivity index (χ2n) is 5.99. The van der Waals surface area contributed by atoms with Gasteiger partial charge in [0.2, 0.25) is 5.82 Å². The predicted octanol–water partition coefficient (Wildman–Crippen LogP) is 3.56. The quantitative estimate of drug-likeness (QED) is 0.781. The van der Waals surface area contributed by atoms with Crippen molar-refractivity contribution in [1.29, 1.82) is 5.26 Å². The van der Waals surface area contributed by atoms with E-state index in [0.29, 0.717) is 17.3 Å². The van der Waals surface area contributed by atoms with Crippen molar-refractivity contribution in [3.8, 4) is 28.9 Å². The van der Waals surface area contributed by atoms with Crippen molar-refractivity contribution in [3.05, 3.63) is 58.7 Å². The van der Waals surface area contributed by atoms with Crippen molar-refractivity contribution in [3.63, 3.8) is 0 Å². The lowest BCUT2D eigenvalue weighted by Crippen LogP contribution is -1.92. The zero-order chi connectivity index (χ0) is 16.7. The lowest BCUT2D eigenvalue weighted by atomic mass is 10.0. The summed E-state index contributed by atoms with van der Waals surface area (Å²) in [5.41, 5.74) is 5.15. The van der Waals surface area contributed by atoms with Gasteiger partial charge in [0.25, 0.3) is 5.89 Å². The Morgan fingerprint density at radius 3 is 3.00 bits per heavy atom. The number of hydrogen-bond donors (Lipinski definition) is 1. The number of hydrogen-bond acceptors (Lipinski definition) is 5. The van der Waals surface area contributed by atoms with Gasteiger partial charge in [-0.3, -0.25) is 0 Å². The molecule has 0 bridgehead atoms. The second-order valence-corrected chi connectivity index (χ2v) is 5.99. The van der Waals surface area contributed by atoms with Crippen LogP contribution in [0.3, 0.4) is 0 Å². The Morgan fingerprint density at radius 1 is 1.29 bits per heavy atom. The fraction of sp³-hybridized carbons (Fsp3) is 0.211. The summed E-state index contributed by atoms with van der Waals surface area (Å²) in [7, 11) is 0. The van der Waals surface area contributed by atoms with Gasteiger partial charge in [0.15, 0.2) is 0 Å². The molecule has 1 aliphatic rings. The van der Waals surface area contributed by atoms with Crippen LogP contribution in [0.4, 0.5) is 0 Å². The Labute approximate surface area is 139 Å². The molecule has 118 valence electrons. The van der Waals surface area contributed by atoms with Gasteiger partial charge in [0.05, 0.1) is 17.7 Å². The zero-order valence-electron chi connectivity index (χ0n) is 13.2. The van der Waals surface area contributed by atoms with Crippen molar-refractivity contribution in [1.82, 2.24) is 10.1 Å². The number of rotatable bonds is 2. The molecular weight excluding hydrogens is 302 g/mol. The van der Waals surface area contributed by atoms with Crippen LogP contribution in [-0.4, -0.2) is 15.2 Å². The number of aryl methyl sites for hydroxylation is 1. The Balaban J connectivity index is 1.76. The highest BCUT2D eigenvalue weighted by atomic mass is 16.5. The van der Waals surface area contributed by atoms with Gasteiger partial charge in [-0.1, -0.05) is 29.4 Å². The molecule has 0 radical (unpaired) electrons. The summed E-state index contributed by atoms with van der Waals surface area (Å²) in [5.74, 6) is 0.896. The molecular formula is C19H15N3O2. The van der Waals surface area contributed by atoms with Crippen LogP contribution >= 0.6 is 0 Å². The maximum Gasteiger partial charge on any atom is 0.258 e. The molecule has 1 unspecified atom stereocenters. The first kappa shape index (κ1) is 14.6. The minimum Gasteiger partial charge on any atom is -0.388 e. The Hall–Kier alpha value is -2.97. The highest BCUT2D eigenvalue weighted by Crippen LogP contribution is 2.37. The van der Waals surface area contributed by atoms with Gasteiger partial charge in [-0.15, -0.1) is 0 Å². The molecule has 1 N–H and O–H groups in total. The number of aliphatic hydroxyl groups is 1. The lowest BCUT2D eigenvalue weighted by Gasteiger charge is -2.05. The van der Waals surface area contributed by atoms with E-state index in [-0.39, 0.29) is 0 Å². The van der Waals surface area contributed by atoms with E-state index in [1.54, 1.807) is 6.07 Å². The zero-order valence-corrected chi connectivity index (χ0v) is 13.2. The van der Waals surface area contributed by atoms with Crippen molar-refractivity contribution in [2.24, 2.45) is 0 Å². The number of nitrogens with zero attached hydrogens (tertiary/aromatic N) is 3. The molecule has 5 nitrogen and oxygen atoms in total. The molecule has 0 aliphatic heterocycles. The third-order valence-electron chi connectivity index (χ3n) is 4.51. The van der Waals surface area contributed by atoms with E-state index in [1.165, 1.54) is 0 Å². The van der Waals surface area contributed by atoms with Gasteiger partial charge in [-0.2, -0.15) is 10.2 Å². The summed E-state index contributed by atoms with van der Waals surface area (Å²) in [6.45, 7) is 1.89. The van der Waals surface area contributed by atoms with E-state index in [1.807, 2.05) is 37.3 Å². The van der Waals surface area contributed by atoms with Crippen molar-refractivity contribution >= 4 is 0 Å². The number of aromatic nitrogens is 2. The molecule has 0 saturated carbocycles. The van der Waals surface area contributed by atoms with Gasteiger partial charge in [-0.25, -0.2) is 0 Å². The second kappa shape index (κ2) is 5.59. The van der Waals surface area contributed by atoms with Crippen molar-refractivity contribution in [2.75, 3.05) is 0 Å². The number of nitriles is 1. The molecule has 0 fully saturated rings. The average molecular weight is 317 g/mol. The Kier molecular flexibility index (Phi) is 3.40. The topological polar surface area (TPSA) is 82.9 Å². The summed E-state index contributed by atoms with van der Waals surface area (Å²) in [6.07, 6.45) is 1.11. The van der Waals surface area contributed by atoms with Gasteiger partial charge in [-0.05, 0) is 48.6 Å². The van der Waals surface area contributed by atoms with Crippen LogP contribution in [0.25, 0.3) is 22.8 Å². The van der Waals surface area contributed by atoms with Crippen LogP contribution in [0.2, 0.25) is 0 Å². The van der Waals surface area contributed by atoms with Crippen LogP contribution in [-0.2, 0) is 6.42 Å². The van der Waals surface area contributed by atoms with Crippen LogP contribution in [0, 0.1) is 18.3 Å². The molecule has 4 rings (SSSR count). The lowest BCUT2D eigenvalue weighted by molar-refractivity contribution is 0.180. The van der Waals surface area contributed by atoms with Crippen LogP contribution in [0.15, 0.2) is 40.9 Å². The maximum absolute atomic E-state index is 10.0. The predicted molar refractivity (Wildman–Crippen MR) is 87.9 cm³/mol. The molecule has 0 amide bonds. The van der Waals surface area contributed by atoms with E-state index in [2.05, 4.69) is 16.2 Å². The minimum absolute atomic E-state index is 0.387. The van der Waals surface area contributed by atoms with E-state index < -0.39 is 6.10 Å². The van der Waals surface area contributed by atoms with Crippen LogP contribution in [0.1, 0.15) is 34.8 Å².